The predicted octanol–water partition coefficient (Wildman–Crippen LogP) is 6.08. The Morgan fingerprint density at radius 1 is 1.23 bits per heavy atom. The van der Waals surface area contributed by atoms with Crippen LogP contribution in [0.15, 0.2) is 35.9 Å². The minimum absolute atomic E-state index is 0.298. The fourth-order valence-corrected chi connectivity index (χ4v) is 3.06. The van der Waals surface area contributed by atoms with E-state index in [4.69, 9.17) is 16.3 Å². The topological polar surface area (TPSA) is 9.23 Å². The first-order valence-corrected chi connectivity index (χ1v) is 9.41. The lowest BCUT2D eigenvalue weighted by molar-refractivity contribution is 0.0775. The molecule has 3 atom stereocenters. The second kappa shape index (κ2) is 10.0. The molecule has 4 heteroatoms. The molecule has 1 nitrogen and oxygen atoms in total. The van der Waals surface area contributed by atoms with Crippen LogP contribution in [0.1, 0.15) is 45.6 Å². The molecule has 124 valence electrons. The van der Waals surface area contributed by atoms with Crippen LogP contribution in [0.5, 0.6) is 0 Å². The van der Waals surface area contributed by atoms with E-state index in [1.54, 1.807) is 0 Å². The average Bonchev–Trinajstić information content (AvgIpc) is 2.40. The molecular formula is C18H29ClOP2. The van der Waals surface area contributed by atoms with Gasteiger partial charge in [-0.1, -0.05) is 60.8 Å². The minimum atomic E-state index is -0.298. The molecule has 0 aliphatic heterocycles. The third-order valence-electron chi connectivity index (χ3n) is 3.59. The van der Waals surface area contributed by atoms with Gasteiger partial charge in [-0.25, -0.2) is 0 Å². The smallest absolute Gasteiger partial charge is 0.0979 e. The summed E-state index contributed by atoms with van der Waals surface area (Å²) in [7, 11) is 5.61. The van der Waals surface area contributed by atoms with Crippen molar-refractivity contribution in [1.29, 1.82) is 0 Å². The summed E-state index contributed by atoms with van der Waals surface area (Å²) in [6, 6.07) is 7.95. The Bertz CT molecular complexity index is 464. The number of allylic oxidation sites excluding steroid dienone is 2. The largest absolute Gasteiger partial charge is 0.367 e. The van der Waals surface area contributed by atoms with Gasteiger partial charge < -0.3 is 4.74 Å². The molecule has 1 aromatic rings. The Kier molecular flexibility index (Phi) is 9.18. The molecule has 0 saturated heterocycles. The number of rotatable bonds is 9. The van der Waals surface area contributed by atoms with Gasteiger partial charge >= 0.3 is 0 Å². The van der Waals surface area contributed by atoms with Crippen molar-refractivity contribution >= 4 is 30.1 Å². The lowest BCUT2D eigenvalue weighted by Gasteiger charge is -2.26. The maximum Gasteiger partial charge on any atom is 0.0979 e. The molecule has 0 saturated carbocycles. The minimum Gasteiger partial charge on any atom is -0.367 e. The number of benzene rings is 1. The first kappa shape index (κ1) is 20.1. The van der Waals surface area contributed by atoms with E-state index in [0.29, 0.717) is 5.92 Å². The van der Waals surface area contributed by atoms with Crippen molar-refractivity contribution in [3.8, 4) is 0 Å². The summed E-state index contributed by atoms with van der Waals surface area (Å²) >= 11 is 5.92. The lowest BCUT2D eigenvalue weighted by Crippen LogP contribution is -2.21. The molecule has 0 spiro atoms. The van der Waals surface area contributed by atoms with Gasteiger partial charge in [0.1, 0.15) is 0 Å². The van der Waals surface area contributed by atoms with Crippen molar-refractivity contribution < 1.29 is 4.74 Å². The summed E-state index contributed by atoms with van der Waals surface area (Å²) in [6.45, 7) is 7.40. The molecule has 0 N–H and O–H groups in total. The van der Waals surface area contributed by atoms with Gasteiger partial charge in [0.15, 0.2) is 0 Å². The third-order valence-corrected chi connectivity index (χ3v) is 4.58. The van der Waals surface area contributed by atoms with Gasteiger partial charge in [-0.2, -0.15) is 0 Å². The molecule has 0 fully saturated rings. The molecule has 0 radical (unpaired) electrons. The molecule has 0 heterocycles. The summed E-state index contributed by atoms with van der Waals surface area (Å²) in [4.78, 5) is 0. The monoisotopic (exact) mass is 358 g/mol. The van der Waals surface area contributed by atoms with Crippen LogP contribution in [-0.2, 0) is 11.2 Å². The van der Waals surface area contributed by atoms with E-state index < -0.39 is 0 Å². The SMILES string of the molecule is CC(C)=CCC[C@H](C)CCOC(P)(P)Cc1ccc(Cl)cc1. The van der Waals surface area contributed by atoms with Crippen LogP contribution in [0, 0.1) is 5.92 Å². The quantitative estimate of drug-likeness (QED) is 0.384. The highest BCUT2D eigenvalue weighted by molar-refractivity contribution is 7.39. The van der Waals surface area contributed by atoms with Crippen LogP contribution in [-0.4, -0.2) is 11.7 Å². The average molecular weight is 359 g/mol. The molecule has 2 unspecified atom stereocenters. The fourth-order valence-electron chi connectivity index (χ4n) is 2.22. The Morgan fingerprint density at radius 2 is 1.86 bits per heavy atom. The highest BCUT2D eigenvalue weighted by Crippen LogP contribution is 2.33. The Labute approximate surface area is 145 Å². The molecule has 0 aliphatic carbocycles. The van der Waals surface area contributed by atoms with Gasteiger partial charge in [-0.15, -0.1) is 0 Å². The predicted molar refractivity (Wildman–Crippen MR) is 106 cm³/mol. The van der Waals surface area contributed by atoms with Crippen LogP contribution < -0.4 is 0 Å². The Morgan fingerprint density at radius 3 is 2.45 bits per heavy atom. The second-order valence-corrected chi connectivity index (χ2v) is 9.42. The molecule has 0 bridgehead atoms. The zero-order valence-electron chi connectivity index (χ0n) is 13.9. The van der Waals surface area contributed by atoms with Crippen LogP contribution in [0.3, 0.4) is 0 Å². The number of hydrogen-bond donors (Lipinski definition) is 0. The Balaban J connectivity index is 2.30. The van der Waals surface area contributed by atoms with E-state index in [0.717, 1.165) is 24.5 Å². The van der Waals surface area contributed by atoms with Crippen molar-refractivity contribution in [3.63, 3.8) is 0 Å². The molecule has 0 aliphatic rings. The highest BCUT2D eigenvalue weighted by atomic mass is 35.5. The van der Waals surface area contributed by atoms with Gasteiger partial charge in [-0.3, -0.25) is 0 Å². The van der Waals surface area contributed by atoms with Gasteiger partial charge in [0.05, 0.1) is 5.08 Å². The maximum atomic E-state index is 6.04. The van der Waals surface area contributed by atoms with Gasteiger partial charge in [0.25, 0.3) is 0 Å². The summed E-state index contributed by atoms with van der Waals surface area (Å²) in [5.41, 5.74) is 2.63. The zero-order valence-corrected chi connectivity index (χ0v) is 17.0. The second-order valence-electron chi connectivity index (χ2n) is 6.36. The summed E-state index contributed by atoms with van der Waals surface area (Å²) in [5, 5.41) is 0.473. The highest BCUT2D eigenvalue weighted by Gasteiger charge is 2.19. The van der Waals surface area contributed by atoms with E-state index in [9.17, 15) is 0 Å². The van der Waals surface area contributed by atoms with Crippen molar-refractivity contribution in [2.45, 2.75) is 51.5 Å². The van der Waals surface area contributed by atoms with Crippen LogP contribution in [0.4, 0.5) is 0 Å². The first-order valence-electron chi connectivity index (χ1n) is 7.88. The Hall–Kier alpha value is 0.0700. The summed E-state index contributed by atoms with van der Waals surface area (Å²) < 4.78 is 6.04. The summed E-state index contributed by atoms with van der Waals surface area (Å²) in [5.74, 6) is 0.692. The number of hydrogen-bond acceptors (Lipinski definition) is 1. The van der Waals surface area contributed by atoms with E-state index in [1.165, 1.54) is 24.0 Å². The molecular weight excluding hydrogens is 330 g/mol. The number of ether oxygens (including phenoxy) is 1. The van der Waals surface area contributed by atoms with Gasteiger partial charge in [-0.05, 0) is 56.7 Å². The zero-order chi connectivity index (χ0) is 16.6. The molecule has 0 aromatic heterocycles. The number of halogens is 1. The molecule has 1 rings (SSSR count). The molecule has 1 aromatic carbocycles. The van der Waals surface area contributed by atoms with Crippen LogP contribution in [0.2, 0.25) is 5.02 Å². The van der Waals surface area contributed by atoms with Crippen molar-refractivity contribution in [2.75, 3.05) is 6.61 Å². The van der Waals surface area contributed by atoms with E-state index in [2.05, 4.69) is 57.5 Å². The van der Waals surface area contributed by atoms with Crippen LogP contribution >= 0.6 is 30.1 Å². The van der Waals surface area contributed by atoms with E-state index >= 15 is 0 Å². The third kappa shape index (κ3) is 9.26. The van der Waals surface area contributed by atoms with E-state index in [-0.39, 0.29) is 5.08 Å². The van der Waals surface area contributed by atoms with E-state index in [1.807, 2.05) is 12.1 Å². The standard InChI is InChI=1S/C18H29ClOP2/c1-14(2)5-4-6-15(3)11-12-20-18(21,22)13-16-7-9-17(19)10-8-16/h5,7-10,15H,4,6,11-13,21-22H2,1-3H3/t15-/m0/s1. The van der Waals surface area contributed by atoms with Crippen molar-refractivity contribution in [3.05, 3.63) is 46.5 Å². The molecule has 0 amide bonds. The fraction of sp³-hybridized carbons (Fsp3) is 0.556. The summed E-state index contributed by atoms with van der Waals surface area (Å²) in [6.07, 6.45) is 6.65. The van der Waals surface area contributed by atoms with Crippen molar-refractivity contribution in [1.82, 2.24) is 0 Å². The lowest BCUT2D eigenvalue weighted by atomic mass is 10.0. The van der Waals surface area contributed by atoms with Crippen molar-refractivity contribution in [2.24, 2.45) is 5.92 Å². The van der Waals surface area contributed by atoms with Gasteiger partial charge in [0, 0.05) is 18.1 Å². The maximum absolute atomic E-state index is 6.04. The molecule has 22 heavy (non-hydrogen) atoms. The first-order chi connectivity index (χ1) is 10.3. The van der Waals surface area contributed by atoms with Gasteiger partial charge in [0.2, 0.25) is 0 Å². The normalized spacial score (nSPS) is 13.0. The van der Waals surface area contributed by atoms with Crippen LogP contribution in [0.25, 0.3) is 0 Å².